The fourth-order valence-electron chi connectivity index (χ4n) is 3.18. The van der Waals surface area contributed by atoms with E-state index in [1.807, 2.05) is 56.3 Å². The summed E-state index contributed by atoms with van der Waals surface area (Å²) in [6.07, 6.45) is 1.79. The van der Waals surface area contributed by atoms with E-state index < -0.39 is 0 Å². The molecule has 0 unspecified atom stereocenters. The molecule has 0 amide bonds. The zero-order chi connectivity index (χ0) is 19.0. The van der Waals surface area contributed by atoms with Crippen molar-refractivity contribution in [1.29, 1.82) is 0 Å². The molecule has 0 radical (unpaired) electrons. The Kier molecular flexibility index (Phi) is 4.13. The lowest BCUT2D eigenvalue weighted by Gasteiger charge is -2.08. The van der Waals surface area contributed by atoms with E-state index in [-0.39, 0.29) is 0 Å². The van der Waals surface area contributed by atoms with Gasteiger partial charge >= 0.3 is 0 Å². The van der Waals surface area contributed by atoms with Gasteiger partial charge < -0.3 is 10.5 Å². The summed E-state index contributed by atoms with van der Waals surface area (Å²) < 4.78 is 5.24. The number of fused-ring (bicyclic) bond motifs is 3. The molecule has 0 saturated carbocycles. The minimum Gasteiger partial charge on any atom is -0.497 e. The molecule has 4 nitrogen and oxygen atoms in total. The Morgan fingerprint density at radius 2 is 1.81 bits per heavy atom. The molecule has 0 aliphatic rings. The fourth-order valence-corrected chi connectivity index (χ4v) is 3.18. The standard InChI is InChI=1S/C23H19N3O/c1-14-4-11-20(24)22-19-10-8-17(26-21(19)13-25-23(14)22)7-5-16-6-9-18(27-3)12-15(16)2/h4,6,8-13H,24H2,1-3H3. The number of anilines is 1. The average Bonchev–Trinajstić information content (AvgIpc) is 2.69. The summed E-state index contributed by atoms with van der Waals surface area (Å²) in [5.41, 5.74) is 12.4. The number of benzene rings is 2. The number of hydrogen-bond acceptors (Lipinski definition) is 4. The van der Waals surface area contributed by atoms with Gasteiger partial charge in [0.05, 0.1) is 24.3 Å². The maximum absolute atomic E-state index is 6.20. The fraction of sp³-hybridized carbons (Fsp3) is 0.130. The van der Waals surface area contributed by atoms with Crippen molar-refractivity contribution >= 4 is 27.5 Å². The van der Waals surface area contributed by atoms with E-state index in [1.165, 1.54) is 0 Å². The molecule has 4 heteroatoms. The summed E-state index contributed by atoms with van der Waals surface area (Å²) in [7, 11) is 1.66. The maximum atomic E-state index is 6.20. The average molecular weight is 353 g/mol. The summed E-state index contributed by atoms with van der Waals surface area (Å²) in [6.45, 7) is 4.05. The number of aromatic nitrogens is 2. The van der Waals surface area contributed by atoms with Crippen molar-refractivity contribution < 1.29 is 4.74 Å². The molecule has 4 aromatic rings. The quantitative estimate of drug-likeness (QED) is 0.313. The van der Waals surface area contributed by atoms with Gasteiger partial charge in [-0.05, 0) is 67.3 Å². The second kappa shape index (κ2) is 6.62. The molecule has 0 saturated heterocycles. The van der Waals surface area contributed by atoms with Crippen LogP contribution in [0.3, 0.4) is 0 Å². The van der Waals surface area contributed by atoms with Crippen LogP contribution in [0.25, 0.3) is 21.8 Å². The monoisotopic (exact) mass is 353 g/mol. The normalized spacial score (nSPS) is 10.6. The minimum atomic E-state index is 0.699. The molecular weight excluding hydrogens is 334 g/mol. The largest absolute Gasteiger partial charge is 0.497 e. The molecular formula is C23H19N3O. The highest BCUT2D eigenvalue weighted by molar-refractivity contribution is 6.11. The maximum Gasteiger partial charge on any atom is 0.119 e. The number of nitrogens with two attached hydrogens (primary N) is 1. The molecule has 2 heterocycles. The van der Waals surface area contributed by atoms with Gasteiger partial charge in [0.25, 0.3) is 0 Å². The Hall–Kier alpha value is -3.58. The molecule has 2 N–H and O–H groups in total. The third kappa shape index (κ3) is 3.04. The number of ether oxygens (including phenoxy) is 1. The first kappa shape index (κ1) is 16.9. The van der Waals surface area contributed by atoms with Gasteiger partial charge in [-0.15, -0.1) is 0 Å². The van der Waals surface area contributed by atoms with E-state index in [2.05, 4.69) is 21.8 Å². The van der Waals surface area contributed by atoms with Crippen LogP contribution in [0.15, 0.2) is 48.7 Å². The lowest BCUT2D eigenvalue weighted by atomic mass is 10.0. The van der Waals surface area contributed by atoms with E-state index >= 15 is 0 Å². The Labute approximate surface area is 158 Å². The van der Waals surface area contributed by atoms with Crippen molar-refractivity contribution in [2.45, 2.75) is 13.8 Å². The molecule has 2 aromatic carbocycles. The molecule has 0 fully saturated rings. The van der Waals surface area contributed by atoms with Crippen molar-refractivity contribution in [3.63, 3.8) is 0 Å². The molecule has 0 aliphatic carbocycles. The summed E-state index contributed by atoms with van der Waals surface area (Å²) in [6, 6.07) is 13.7. The van der Waals surface area contributed by atoms with Crippen LogP contribution in [0, 0.1) is 25.7 Å². The number of nitrogen functional groups attached to an aromatic ring is 1. The van der Waals surface area contributed by atoms with E-state index in [1.54, 1.807) is 13.3 Å². The van der Waals surface area contributed by atoms with Gasteiger partial charge in [-0.2, -0.15) is 0 Å². The van der Waals surface area contributed by atoms with E-state index in [4.69, 9.17) is 10.5 Å². The van der Waals surface area contributed by atoms with Gasteiger partial charge in [-0.1, -0.05) is 12.0 Å². The smallest absolute Gasteiger partial charge is 0.119 e. The van der Waals surface area contributed by atoms with Gasteiger partial charge in [-0.25, -0.2) is 4.98 Å². The Morgan fingerprint density at radius 1 is 0.963 bits per heavy atom. The molecule has 0 atom stereocenters. The topological polar surface area (TPSA) is 61.0 Å². The first-order valence-electron chi connectivity index (χ1n) is 8.68. The van der Waals surface area contributed by atoms with E-state index in [0.29, 0.717) is 11.4 Å². The number of aryl methyl sites for hydroxylation is 2. The highest BCUT2D eigenvalue weighted by atomic mass is 16.5. The van der Waals surface area contributed by atoms with Gasteiger partial charge in [0.2, 0.25) is 0 Å². The van der Waals surface area contributed by atoms with Crippen LogP contribution in [0.4, 0.5) is 5.69 Å². The molecule has 2 aromatic heterocycles. The number of rotatable bonds is 1. The minimum absolute atomic E-state index is 0.699. The molecule has 0 aliphatic heterocycles. The molecule has 4 rings (SSSR count). The first-order chi connectivity index (χ1) is 13.1. The van der Waals surface area contributed by atoms with Crippen LogP contribution in [0.1, 0.15) is 22.4 Å². The van der Waals surface area contributed by atoms with Crippen molar-refractivity contribution in [3.05, 3.63) is 71.0 Å². The SMILES string of the molecule is COc1ccc(C#Cc2ccc3c(cnc4c(C)ccc(N)c43)n2)c(C)c1. The van der Waals surface area contributed by atoms with Crippen LogP contribution in [-0.2, 0) is 0 Å². The molecule has 132 valence electrons. The predicted octanol–water partition coefficient (Wildman–Crippen LogP) is 4.39. The second-order valence-corrected chi connectivity index (χ2v) is 6.51. The Bertz CT molecular complexity index is 1250. The van der Waals surface area contributed by atoms with E-state index in [9.17, 15) is 0 Å². The second-order valence-electron chi connectivity index (χ2n) is 6.51. The van der Waals surface area contributed by atoms with E-state index in [0.717, 1.165) is 44.2 Å². The zero-order valence-electron chi connectivity index (χ0n) is 15.5. The Balaban J connectivity index is 1.80. The van der Waals surface area contributed by atoms with Gasteiger partial charge in [-0.3, -0.25) is 4.98 Å². The van der Waals surface area contributed by atoms with Gasteiger partial charge in [0, 0.05) is 22.0 Å². The molecule has 0 bridgehead atoms. The summed E-state index contributed by atoms with van der Waals surface area (Å²) in [4.78, 5) is 9.22. The van der Waals surface area contributed by atoms with Crippen LogP contribution in [0.2, 0.25) is 0 Å². The molecule has 27 heavy (non-hydrogen) atoms. The number of hydrogen-bond donors (Lipinski definition) is 1. The highest BCUT2D eigenvalue weighted by Gasteiger charge is 2.08. The number of nitrogens with zero attached hydrogens (tertiary/aromatic N) is 2. The zero-order valence-corrected chi connectivity index (χ0v) is 15.5. The summed E-state index contributed by atoms with van der Waals surface area (Å²) in [5, 5.41) is 1.94. The third-order valence-corrected chi connectivity index (χ3v) is 4.68. The van der Waals surface area contributed by atoms with Crippen LogP contribution >= 0.6 is 0 Å². The number of pyridine rings is 2. The van der Waals surface area contributed by atoms with Crippen molar-refractivity contribution in [2.75, 3.05) is 12.8 Å². The molecule has 0 spiro atoms. The lowest BCUT2D eigenvalue weighted by Crippen LogP contribution is -1.94. The number of methoxy groups -OCH3 is 1. The summed E-state index contributed by atoms with van der Waals surface area (Å²) >= 11 is 0. The summed E-state index contributed by atoms with van der Waals surface area (Å²) in [5.74, 6) is 7.16. The van der Waals surface area contributed by atoms with Crippen molar-refractivity contribution in [2.24, 2.45) is 0 Å². The van der Waals surface area contributed by atoms with Crippen LogP contribution in [0.5, 0.6) is 5.75 Å². The van der Waals surface area contributed by atoms with Crippen LogP contribution < -0.4 is 10.5 Å². The van der Waals surface area contributed by atoms with Crippen LogP contribution in [-0.4, -0.2) is 17.1 Å². The predicted molar refractivity (Wildman–Crippen MR) is 110 cm³/mol. The lowest BCUT2D eigenvalue weighted by molar-refractivity contribution is 0.414. The highest BCUT2D eigenvalue weighted by Crippen LogP contribution is 2.29. The Morgan fingerprint density at radius 3 is 2.59 bits per heavy atom. The van der Waals surface area contributed by atoms with Crippen molar-refractivity contribution in [1.82, 2.24) is 9.97 Å². The van der Waals surface area contributed by atoms with Gasteiger partial charge in [0.1, 0.15) is 11.4 Å². The third-order valence-electron chi connectivity index (χ3n) is 4.68. The first-order valence-corrected chi connectivity index (χ1v) is 8.68. The van der Waals surface area contributed by atoms with Crippen molar-refractivity contribution in [3.8, 4) is 17.6 Å². The van der Waals surface area contributed by atoms with Gasteiger partial charge in [0.15, 0.2) is 0 Å².